The van der Waals surface area contributed by atoms with Crippen molar-refractivity contribution in [3.05, 3.63) is 52.9 Å². The Kier molecular flexibility index (Phi) is 2.38. The van der Waals surface area contributed by atoms with E-state index in [0.717, 1.165) is 22.4 Å². The minimum Gasteiger partial charge on any atom is -0.240 e. The number of fused-ring (bicyclic) bond motifs is 1. The Balaban J connectivity index is 1.69. The summed E-state index contributed by atoms with van der Waals surface area (Å²) < 4.78 is 2.72. The predicted molar refractivity (Wildman–Crippen MR) is 72.8 cm³/mol. The van der Waals surface area contributed by atoms with Crippen molar-refractivity contribution in [3.63, 3.8) is 0 Å². The highest BCUT2D eigenvalue weighted by Gasteiger charge is 2.43. The van der Waals surface area contributed by atoms with Crippen LogP contribution in [0.15, 0.2) is 41.5 Å². The molecule has 3 aromatic rings. The summed E-state index contributed by atoms with van der Waals surface area (Å²) in [5.74, 6) is 1.76. The van der Waals surface area contributed by atoms with Crippen molar-refractivity contribution in [1.29, 1.82) is 0 Å². The lowest BCUT2D eigenvalue weighted by Gasteiger charge is -2.02. The van der Waals surface area contributed by atoms with Gasteiger partial charge in [0, 0.05) is 42.5 Å². The van der Waals surface area contributed by atoms with Crippen molar-refractivity contribution in [2.45, 2.75) is 18.3 Å². The van der Waals surface area contributed by atoms with Gasteiger partial charge in [0.1, 0.15) is 5.82 Å². The van der Waals surface area contributed by atoms with Crippen LogP contribution in [0.5, 0.6) is 0 Å². The second-order valence-electron chi connectivity index (χ2n) is 4.69. The molecule has 19 heavy (non-hydrogen) atoms. The third-order valence-electron chi connectivity index (χ3n) is 3.49. The molecule has 0 saturated heterocycles. The number of hydrogen-bond acceptors (Lipinski definition) is 4. The molecule has 2 atom stereocenters. The first-order valence-electron chi connectivity index (χ1n) is 6.08. The Hall–Kier alpha value is -1.82. The van der Waals surface area contributed by atoms with Crippen molar-refractivity contribution in [2.24, 2.45) is 0 Å². The first kappa shape index (κ1) is 11.0. The smallest absolute Gasteiger partial charge is 0.156 e. The Bertz CT molecular complexity index is 736. The topological polar surface area (TPSA) is 56.0 Å². The average molecular weight is 316 g/mol. The maximum absolute atomic E-state index is 4.38. The molecule has 0 N–H and O–H groups in total. The van der Waals surface area contributed by atoms with Crippen LogP contribution in [0.2, 0.25) is 0 Å². The zero-order valence-electron chi connectivity index (χ0n) is 9.94. The largest absolute Gasteiger partial charge is 0.240 e. The van der Waals surface area contributed by atoms with Gasteiger partial charge in [-0.15, -0.1) is 0 Å². The summed E-state index contributed by atoms with van der Waals surface area (Å²) in [5, 5.41) is 4.24. The molecule has 4 rings (SSSR count). The van der Waals surface area contributed by atoms with E-state index in [-0.39, 0.29) is 0 Å². The predicted octanol–water partition coefficient (Wildman–Crippen LogP) is 2.55. The monoisotopic (exact) mass is 315 g/mol. The molecule has 3 aromatic heterocycles. The van der Waals surface area contributed by atoms with Crippen molar-refractivity contribution in [2.75, 3.05) is 0 Å². The van der Waals surface area contributed by atoms with Crippen LogP contribution >= 0.6 is 15.9 Å². The molecular weight excluding hydrogens is 306 g/mol. The van der Waals surface area contributed by atoms with E-state index in [4.69, 9.17) is 0 Å². The van der Waals surface area contributed by atoms with Gasteiger partial charge >= 0.3 is 0 Å². The van der Waals surface area contributed by atoms with Crippen molar-refractivity contribution < 1.29 is 0 Å². The van der Waals surface area contributed by atoms with Crippen LogP contribution in [-0.4, -0.2) is 24.6 Å². The first-order valence-corrected chi connectivity index (χ1v) is 6.88. The summed E-state index contributed by atoms with van der Waals surface area (Å²) in [7, 11) is 0. The maximum Gasteiger partial charge on any atom is 0.156 e. The molecule has 0 aromatic carbocycles. The first-order chi connectivity index (χ1) is 9.33. The Morgan fingerprint density at radius 1 is 1.11 bits per heavy atom. The lowest BCUT2D eigenvalue weighted by molar-refractivity contribution is 0.872. The molecule has 0 amide bonds. The second-order valence-corrected chi connectivity index (χ2v) is 5.61. The summed E-state index contributed by atoms with van der Waals surface area (Å²) in [6.07, 6.45) is 10.1. The van der Waals surface area contributed by atoms with Crippen LogP contribution in [0.25, 0.3) is 5.65 Å². The molecular formula is C13H10BrN5. The molecule has 0 bridgehead atoms. The van der Waals surface area contributed by atoms with E-state index in [1.165, 1.54) is 5.56 Å². The SMILES string of the molecule is Brc1cnc([C@H]2C[C@@H]2c2ccnn3ccnc23)nc1. The van der Waals surface area contributed by atoms with Gasteiger partial charge in [-0.05, 0) is 34.3 Å². The fourth-order valence-electron chi connectivity index (χ4n) is 2.48. The molecule has 0 unspecified atom stereocenters. The highest BCUT2D eigenvalue weighted by Crippen LogP contribution is 2.54. The highest BCUT2D eigenvalue weighted by molar-refractivity contribution is 9.10. The van der Waals surface area contributed by atoms with E-state index >= 15 is 0 Å². The van der Waals surface area contributed by atoms with Crippen LogP contribution in [0, 0.1) is 0 Å². The second kappa shape index (κ2) is 4.09. The molecule has 1 saturated carbocycles. The Labute approximate surface area is 117 Å². The number of rotatable bonds is 2. The Morgan fingerprint density at radius 3 is 2.79 bits per heavy atom. The lowest BCUT2D eigenvalue weighted by atomic mass is 10.1. The van der Waals surface area contributed by atoms with E-state index < -0.39 is 0 Å². The van der Waals surface area contributed by atoms with Crippen molar-refractivity contribution in [1.82, 2.24) is 24.6 Å². The summed E-state index contributed by atoms with van der Waals surface area (Å²) >= 11 is 3.36. The number of aromatic nitrogens is 5. The van der Waals surface area contributed by atoms with Gasteiger partial charge in [-0.2, -0.15) is 5.10 Å². The van der Waals surface area contributed by atoms with Crippen LogP contribution in [0.4, 0.5) is 0 Å². The third-order valence-corrected chi connectivity index (χ3v) is 3.90. The Morgan fingerprint density at radius 2 is 1.95 bits per heavy atom. The van der Waals surface area contributed by atoms with Gasteiger partial charge < -0.3 is 0 Å². The average Bonchev–Trinajstić information content (AvgIpc) is 3.07. The van der Waals surface area contributed by atoms with Crippen LogP contribution < -0.4 is 0 Å². The van der Waals surface area contributed by atoms with Crippen molar-refractivity contribution in [3.8, 4) is 0 Å². The maximum atomic E-state index is 4.38. The summed E-state index contributed by atoms with van der Waals surface area (Å²) in [6.45, 7) is 0. The molecule has 1 aliphatic carbocycles. The van der Waals surface area contributed by atoms with E-state index in [9.17, 15) is 0 Å². The molecule has 0 spiro atoms. The quantitative estimate of drug-likeness (QED) is 0.729. The fraction of sp³-hybridized carbons (Fsp3) is 0.231. The zero-order chi connectivity index (χ0) is 12.8. The fourth-order valence-corrected chi connectivity index (χ4v) is 2.69. The minimum atomic E-state index is 0.399. The number of imidazole rings is 1. The number of nitrogens with zero attached hydrogens (tertiary/aromatic N) is 5. The van der Waals surface area contributed by atoms with Crippen LogP contribution in [0.3, 0.4) is 0 Å². The number of halogens is 1. The van der Waals surface area contributed by atoms with Gasteiger partial charge in [0.25, 0.3) is 0 Å². The van der Waals surface area contributed by atoms with Gasteiger partial charge in [0.15, 0.2) is 5.65 Å². The molecule has 1 fully saturated rings. The van der Waals surface area contributed by atoms with Crippen LogP contribution in [0.1, 0.15) is 29.6 Å². The van der Waals surface area contributed by atoms with Gasteiger partial charge in [-0.1, -0.05) is 0 Å². The summed E-state index contributed by atoms with van der Waals surface area (Å²) in [6, 6.07) is 2.05. The zero-order valence-corrected chi connectivity index (χ0v) is 11.5. The number of hydrogen-bond donors (Lipinski definition) is 0. The third kappa shape index (κ3) is 1.83. The van der Waals surface area contributed by atoms with E-state index in [1.54, 1.807) is 18.6 Å². The molecule has 0 radical (unpaired) electrons. The van der Waals surface area contributed by atoms with E-state index in [0.29, 0.717) is 11.8 Å². The van der Waals surface area contributed by atoms with Gasteiger partial charge in [0.05, 0.1) is 4.47 Å². The molecule has 0 aliphatic heterocycles. The highest BCUT2D eigenvalue weighted by atomic mass is 79.9. The van der Waals surface area contributed by atoms with Crippen molar-refractivity contribution >= 4 is 21.6 Å². The molecule has 6 heteroatoms. The van der Waals surface area contributed by atoms with Gasteiger partial charge in [0.2, 0.25) is 0 Å². The molecule has 3 heterocycles. The lowest BCUT2D eigenvalue weighted by Crippen LogP contribution is -1.96. The molecule has 5 nitrogen and oxygen atoms in total. The van der Waals surface area contributed by atoms with E-state index in [1.807, 2.05) is 23.0 Å². The summed E-state index contributed by atoms with van der Waals surface area (Å²) in [5.41, 5.74) is 2.17. The van der Waals surface area contributed by atoms with E-state index in [2.05, 4.69) is 36.0 Å². The summed E-state index contributed by atoms with van der Waals surface area (Å²) in [4.78, 5) is 13.1. The molecule has 94 valence electrons. The molecule has 1 aliphatic rings. The van der Waals surface area contributed by atoms with Gasteiger partial charge in [-0.3, -0.25) is 0 Å². The van der Waals surface area contributed by atoms with Gasteiger partial charge in [-0.25, -0.2) is 19.5 Å². The minimum absolute atomic E-state index is 0.399. The normalized spacial score (nSPS) is 21.7. The van der Waals surface area contributed by atoms with Crippen LogP contribution in [-0.2, 0) is 0 Å². The standard InChI is InChI=1S/C13H10BrN5/c14-8-6-16-12(17-7-8)11-5-10(11)9-1-2-18-19-4-3-15-13(9)19/h1-4,6-7,10-11H,5H2/t10-,11+/m1/s1.